The number of rotatable bonds is 1. The lowest BCUT2D eigenvalue weighted by Crippen LogP contribution is -1.85. The third-order valence-electron chi connectivity index (χ3n) is 1.14. The highest BCUT2D eigenvalue weighted by Crippen LogP contribution is 1.99. The molecule has 0 spiro atoms. The topological polar surface area (TPSA) is 33.1 Å². The summed E-state index contributed by atoms with van der Waals surface area (Å²) in [7, 11) is 0. The zero-order chi connectivity index (χ0) is 7.40. The van der Waals surface area contributed by atoms with Crippen LogP contribution in [0.5, 0.6) is 0 Å². The first kappa shape index (κ1) is 6.79. The molecule has 0 fully saturated rings. The second-order valence-corrected chi connectivity index (χ2v) is 1.88. The van der Waals surface area contributed by atoms with Crippen LogP contribution in [-0.4, -0.2) is 10.1 Å². The van der Waals surface area contributed by atoms with Crippen molar-refractivity contribution in [1.82, 2.24) is 4.98 Å². The van der Waals surface area contributed by atoms with E-state index in [-0.39, 0.29) is 6.61 Å². The first-order valence-electron chi connectivity index (χ1n) is 2.88. The molecule has 50 valence electrons. The molecule has 0 radical (unpaired) electrons. The quantitative estimate of drug-likeness (QED) is 0.568. The molecule has 0 aromatic carbocycles. The van der Waals surface area contributed by atoms with E-state index in [9.17, 15) is 0 Å². The molecular weight excluding hydrogens is 126 g/mol. The number of hydrogen-bond acceptors (Lipinski definition) is 2. The summed E-state index contributed by atoms with van der Waals surface area (Å²) in [5.74, 6) is 2.43. The number of pyridine rings is 1. The number of aliphatic hydroxyl groups excluding tert-OH is 1. The van der Waals surface area contributed by atoms with Gasteiger partial charge in [-0.25, -0.2) is 0 Å². The van der Waals surface area contributed by atoms with Gasteiger partial charge in [0.25, 0.3) is 0 Å². The molecule has 0 aliphatic carbocycles. The average molecular weight is 133 g/mol. The Labute approximate surface area is 59.5 Å². The second kappa shape index (κ2) is 3.00. The Hall–Kier alpha value is -1.33. The summed E-state index contributed by atoms with van der Waals surface area (Å²) in [5, 5.41) is 8.65. The second-order valence-electron chi connectivity index (χ2n) is 1.88. The van der Waals surface area contributed by atoms with Crippen LogP contribution in [0.2, 0.25) is 0 Å². The summed E-state index contributed by atoms with van der Waals surface area (Å²) < 4.78 is 0. The summed E-state index contributed by atoms with van der Waals surface area (Å²) >= 11 is 0. The molecule has 0 bridgehead atoms. The van der Waals surface area contributed by atoms with E-state index in [0.717, 1.165) is 5.56 Å². The standard InChI is InChI=1S/C8H7NO/c1-2-7-3-8(6-10)5-9-4-7/h1,3-5,10H,6H2. The van der Waals surface area contributed by atoms with Gasteiger partial charge in [-0.3, -0.25) is 4.98 Å². The summed E-state index contributed by atoms with van der Waals surface area (Å²) in [5.41, 5.74) is 1.45. The van der Waals surface area contributed by atoms with Gasteiger partial charge in [0, 0.05) is 18.0 Å². The van der Waals surface area contributed by atoms with Crippen molar-refractivity contribution in [2.24, 2.45) is 0 Å². The monoisotopic (exact) mass is 133 g/mol. The van der Waals surface area contributed by atoms with Crippen LogP contribution in [0.3, 0.4) is 0 Å². The largest absolute Gasteiger partial charge is 0.392 e. The van der Waals surface area contributed by atoms with E-state index in [1.807, 2.05) is 0 Å². The zero-order valence-electron chi connectivity index (χ0n) is 5.41. The van der Waals surface area contributed by atoms with Gasteiger partial charge < -0.3 is 5.11 Å². The molecule has 0 aliphatic rings. The Morgan fingerprint density at radius 1 is 1.60 bits per heavy atom. The van der Waals surface area contributed by atoms with Crippen molar-refractivity contribution in [1.29, 1.82) is 0 Å². The van der Waals surface area contributed by atoms with Crippen molar-refractivity contribution in [3.05, 3.63) is 29.6 Å². The fraction of sp³-hybridized carbons (Fsp3) is 0.125. The van der Waals surface area contributed by atoms with Crippen molar-refractivity contribution >= 4 is 0 Å². The van der Waals surface area contributed by atoms with Gasteiger partial charge in [-0.1, -0.05) is 5.92 Å². The number of aromatic nitrogens is 1. The fourth-order valence-corrected chi connectivity index (χ4v) is 0.653. The number of terminal acetylenes is 1. The van der Waals surface area contributed by atoms with E-state index in [4.69, 9.17) is 11.5 Å². The number of nitrogens with zero attached hydrogens (tertiary/aromatic N) is 1. The van der Waals surface area contributed by atoms with E-state index in [2.05, 4.69) is 10.9 Å². The third-order valence-corrected chi connectivity index (χ3v) is 1.14. The lowest BCUT2D eigenvalue weighted by Gasteiger charge is -1.93. The van der Waals surface area contributed by atoms with Crippen molar-refractivity contribution in [3.8, 4) is 12.3 Å². The summed E-state index contributed by atoms with van der Waals surface area (Å²) in [6.07, 6.45) is 8.27. The highest BCUT2D eigenvalue weighted by molar-refractivity contribution is 5.31. The van der Waals surface area contributed by atoms with E-state index in [1.165, 1.54) is 0 Å². The summed E-state index contributed by atoms with van der Waals surface area (Å²) in [4.78, 5) is 3.82. The zero-order valence-corrected chi connectivity index (χ0v) is 5.41. The van der Waals surface area contributed by atoms with Gasteiger partial charge in [0.2, 0.25) is 0 Å². The predicted octanol–water partition coefficient (Wildman–Crippen LogP) is 0.555. The summed E-state index contributed by atoms with van der Waals surface area (Å²) in [6, 6.07) is 1.73. The molecule has 10 heavy (non-hydrogen) atoms. The normalized spacial score (nSPS) is 8.80. The smallest absolute Gasteiger partial charge is 0.0697 e. The minimum Gasteiger partial charge on any atom is -0.392 e. The molecule has 0 saturated carbocycles. The van der Waals surface area contributed by atoms with E-state index in [1.54, 1.807) is 18.5 Å². The van der Waals surface area contributed by atoms with Gasteiger partial charge in [-0.2, -0.15) is 0 Å². The first-order valence-corrected chi connectivity index (χ1v) is 2.88. The Balaban J connectivity index is 3.01. The first-order chi connectivity index (χ1) is 4.86. The molecule has 1 N–H and O–H groups in total. The average Bonchev–Trinajstić information content (AvgIpc) is 2.05. The van der Waals surface area contributed by atoms with Gasteiger partial charge in [0.05, 0.1) is 6.61 Å². The number of hydrogen-bond donors (Lipinski definition) is 1. The van der Waals surface area contributed by atoms with Crippen LogP contribution >= 0.6 is 0 Å². The maximum Gasteiger partial charge on any atom is 0.0697 e. The van der Waals surface area contributed by atoms with Crippen molar-refractivity contribution in [2.45, 2.75) is 6.61 Å². The van der Waals surface area contributed by atoms with Gasteiger partial charge in [0.15, 0.2) is 0 Å². The molecule has 0 aliphatic heterocycles. The molecule has 1 heterocycles. The predicted molar refractivity (Wildman–Crippen MR) is 38.1 cm³/mol. The van der Waals surface area contributed by atoms with E-state index >= 15 is 0 Å². The highest BCUT2D eigenvalue weighted by atomic mass is 16.3. The summed E-state index contributed by atoms with van der Waals surface area (Å²) in [6.45, 7) is -0.0114. The minimum absolute atomic E-state index is 0.0114. The molecule has 2 nitrogen and oxygen atoms in total. The van der Waals surface area contributed by atoms with Crippen LogP contribution in [0, 0.1) is 12.3 Å². The SMILES string of the molecule is C#Cc1cncc(CO)c1. The van der Waals surface area contributed by atoms with Crippen LogP contribution in [0.1, 0.15) is 11.1 Å². The van der Waals surface area contributed by atoms with Crippen LogP contribution in [0.4, 0.5) is 0 Å². The van der Waals surface area contributed by atoms with Gasteiger partial charge in [-0.15, -0.1) is 6.42 Å². The van der Waals surface area contributed by atoms with Crippen molar-refractivity contribution < 1.29 is 5.11 Å². The van der Waals surface area contributed by atoms with E-state index < -0.39 is 0 Å². The van der Waals surface area contributed by atoms with Crippen LogP contribution in [0.25, 0.3) is 0 Å². The molecule has 0 unspecified atom stereocenters. The Morgan fingerprint density at radius 3 is 3.00 bits per heavy atom. The van der Waals surface area contributed by atoms with Gasteiger partial charge >= 0.3 is 0 Å². The van der Waals surface area contributed by atoms with Crippen molar-refractivity contribution in [3.63, 3.8) is 0 Å². The maximum absolute atomic E-state index is 8.65. The molecule has 0 atom stereocenters. The molecule has 1 aromatic heterocycles. The molecule has 2 heteroatoms. The van der Waals surface area contributed by atoms with Gasteiger partial charge in [-0.05, 0) is 11.6 Å². The molecule has 0 saturated heterocycles. The highest BCUT2D eigenvalue weighted by Gasteiger charge is 1.90. The lowest BCUT2D eigenvalue weighted by molar-refractivity contribution is 0.281. The van der Waals surface area contributed by atoms with Crippen LogP contribution in [0.15, 0.2) is 18.5 Å². The molecule has 1 aromatic rings. The maximum atomic E-state index is 8.65. The van der Waals surface area contributed by atoms with E-state index in [0.29, 0.717) is 5.56 Å². The van der Waals surface area contributed by atoms with Gasteiger partial charge in [0.1, 0.15) is 0 Å². The Kier molecular flexibility index (Phi) is 2.03. The van der Waals surface area contributed by atoms with Crippen LogP contribution in [-0.2, 0) is 6.61 Å². The fourth-order valence-electron chi connectivity index (χ4n) is 0.653. The Morgan fingerprint density at radius 2 is 2.40 bits per heavy atom. The number of aliphatic hydroxyl groups is 1. The molecule has 0 amide bonds. The third kappa shape index (κ3) is 1.34. The molecule has 1 rings (SSSR count). The lowest BCUT2D eigenvalue weighted by atomic mass is 10.2. The minimum atomic E-state index is -0.0114. The Bertz CT molecular complexity index is 262. The van der Waals surface area contributed by atoms with Crippen LogP contribution < -0.4 is 0 Å². The molecular formula is C8H7NO. The van der Waals surface area contributed by atoms with Crippen molar-refractivity contribution in [2.75, 3.05) is 0 Å².